The number of aromatic hydroxyl groups is 1. The van der Waals surface area contributed by atoms with E-state index < -0.39 is 16.7 Å². The first-order valence-electron chi connectivity index (χ1n) is 6.12. The highest BCUT2D eigenvalue weighted by Crippen LogP contribution is 2.17. The summed E-state index contributed by atoms with van der Waals surface area (Å²) < 4.78 is 0. The first-order valence-corrected chi connectivity index (χ1v) is 6.12. The van der Waals surface area contributed by atoms with Gasteiger partial charge in [0.1, 0.15) is 11.3 Å². The fourth-order valence-corrected chi connectivity index (χ4v) is 1.69. The quantitative estimate of drug-likeness (QED) is 0.584. The number of nitrogens with zero attached hydrogens (tertiary/aromatic N) is 1. The van der Waals surface area contributed by atoms with Crippen molar-refractivity contribution >= 4 is 17.5 Å². The minimum Gasteiger partial charge on any atom is -0.508 e. The van der Waals surface area contributed by atoms with E-state index in [-0.39, 0.29) is 22.6 Å². The third-order valence-electron chi connectivity index (χ3n) is 2.76. The number of benzene rings is 2. The summed E-state index contributed by atoms with van der Waals surface area (Å²) in [6.07, 6.45) is 0. The molecule has 0 atom stereocenters. The highest BCUT2D eigenvalue weighted by molar-refractivity contribution is 6.01. The van der Waals surface area contributed by atoms with Crippen LogP contribution >= 0.6 is 0 Å². The Kier molecular flexibility index (Phi) is 4.33. The second-order valence-electron chi connectivity index (χ2n) is 4.23. The molecule has 0 aromatic heterocycles. The highest BCUT2D eigenvalue weighted by Gasteiger charge is 2.19. The first kappa shape index (κ1) is 15.0. The Bertz CT molecular complexity index is 728. The molecular formula is C14H11N3O5. The molecule has 8 heteroatoms. The molecule has 0 spiro atoms. The van der Waals surface area contributed by atoms with Gasteiger partial charge in [0.05, 0.1) is 4.92 Å². The monoisotopic (exact) mass is 301 g/mol. The number of hydrazine groups is 1. The Morgan fingerprint density at radius 2 is 1.55 bits per heavy atom. The summed E-state index contributed by atoms with van der Waals surface area (Å²) >= 11 is 0. The second-order valence-corrected chi connectivity index (χ2v) is 4.23. The molecule has 0 bridgehead atoms. The number of hydrogen-bond acceptors (Lipinski definition) is 5. The molecule has 2 aromatic rings. The fourth-order valence-electron chi connectivity index (χ4n) is 1.69. The van der Waals surface area contributed by atoms with Gasteiger partial charge in [-0.2, -0.15) is 0 Å². The van der Waals surface area contributed by atoms with Crippen LogP contribution in [0.2, 0.25) is 0 Å². The van der Waals surface area contributed by atoms with E-state index in [9.17, 15) is 19.7 Å². The van der Waals surface area contributed by atoms with Crippen molar-refractivity contribution in [1.29, 1.82) is 0 Å². The van der Waals surface area contributed by atoms with Gasteiger partial charge in [-0.25, -0.2) is 0 Å². The molecule has 112 valence electrons. The summed E-state index contributed by atoms with van der Waals surface area (Å²) in [4.78, 5) is 33.8. The molecule has 8 nitrogen and oxygen atoms in total. The number of carbonyl (C=O) groups excluding carboxylic acids is 2. The third-order valence-corrected chi connectivity index (χ3v) is 2.76. The lowest BCUT2D eigenvalue weighted by Crippen LogP contribution is -2.41. The van der Waals surface area contributed by atoms with Crippen LogP contribution in [0.4, 0.5) is 5.69 Å². The van der Waals surface area contributed by atoms with E-state index in [1.165, 1.54) is 48.5 Å². The number of nitrogens with one attached hydrogen (secondary N) is 2. The number of nitro groups is 1. The van der Waals surface area contributed by atoms with E-state index in [4.69, 9.17) is 5.11 Å². The van der Waals surface area contributed by atoms with Crippen LogP contribution in [0.3, 0.4) is 0 Å². The van der Waals surface area contributed by atoms with Crippen LogP contribution in [0.5, 0.6) is 5.75 Å². The van der Waals surface area contributed by atoms with Gasteiger partial charge in [0.2, 0.25) is 0 Å². The number of amides is 2. The van der Waals surface area contributed by atoms with Crippen molar-refractivity contribution in [3.8, 4) is 5.75 Å². The molecule has 3 N–H and O–H groups in total. The highest BCUT2D eigenvalue weighted by atomic mass is 16.6. The molecule has 2 aromatic carbocycles. The summed E-state index contributed by atoms with van der Waals surface area (Å²) in [5.74, 6) is -1.42. The largest absolute Gasteiger partial charge is 0.508 e. The zero-order chi connectivity index (χ0) is 16.1. The predicted molar refractivity (Wildman–Crippen MR) is 76.1 cm³/mol. The third kappa shape index (κ3) is 3.37. The number of nitro benzene ring substituents is 1. The van der Waals surface area contributed by atoms with Crippen molar-refractivity contribution in [2.24, 2.45) is 0 Å². The minimum atomic E-state index is -0.806. The van der Waals surface area contributed by atoms with E-state index in [2.05, 4.69) is 10.9 Å². The van der Waals surface area contributed by atoms with Crippen LogP contribution in [-0.2, 0) is 0 Å². The van der Waals surface area contributed by atoms with Gasteiger partial charge in [0.25, 0.3) is 17.5 Å². The summed E-state index contributed by atoms with van der Waals surface area (Å²) in [6.45, 7) is 0. The Morgan fingerprint density at radius 3 is 2.18 bits per heavy atom. The smallest absolute Gasteiger partial charge is 0.282 e. The Hall–Kier alpha value is -3.42. The molecular weight excluding hydrogens is 290 g/mol. The lowest BCUT2D eigenvalue weighted by molar-refractivity contribution is -0.385. The van der Waals surface area contributed by atoms with Crippen LogP contribution < -0.4 is 10.9 Å². The van der Waals surface area contributed by atoms with Gasteiger partial charge in [0, 0.05) is 11.6 Å². The van der Waals surface area contributed by atoms with Crippen LogP contribution in [0, 0.1) is 10.1 Å². The topological polar surface area (TPSA) is 122 Å². The lowest BCUT2D eigenvalue weighted by atomic mass is 10.2. The van der Waals surface area contributed by atoms with Crippen molar-refractivity contribution in [2.45, 2.75) is 0 Å². The standard InChI is InChI=1S/C14H11N3O5/c18-10-7-5-9(6-8-10)13(19)15-16-14(20)11-3-1-2-4-12(11)17(21)22/h1-8,18H,(H,15,19)(H,16,20). The van der Waals surface area contributed by atoms with Gasteiger partial charge in [-0.1, -0.05) is 12.1 Å². The molecule has 0 saturated heterocycles. The number of phenolic OH excluding ortho intramolecular Hbond substituents is 1. The molecule has 0 heterocycles. The van der Waals surface area contributed by atoms with Crippen LogP contribution in [-0.4, -0.2) is 21.8 Å². The summed E-state index contributed by atoms with van der Waals surface area (Å²) in [5.41, 5.74) is 3.92. The summed E-state index contributed by atoms with van der Waals surface area (Å²) in [6, 6.07) is 10.7. The van der Waals surface area contributed by atoms with Gasteiger partial charge >= 0.3 is 0 Å². The normalized spacial score (nSPS) is 9.82. The van der Waals surface area contributed by atoms with Crippen molar-refractivity contribution < 1.29 is 19.6 Å². The Balaban J connectivity index is 2.06. The van der Waals surface area contributed by atoms with Crippen molar-refractivity contribution in [1.82, 2.24) is 10.9 Å². The average Bonchev–Trinajstić information content (AvgIpc) is 2.53. The molecule has 0 fully saturated rings. The average molecular weight is 301 g/mol. The Labute approximate surface area is 124 Å². The van der Waals surface area contributed by atoms with Crippen LogP contribution in [0.15, 0.2) is 48.5 Å². The number of carbonyl (C=O) groups is 2. The zero-order valence-electron chi connectivity index (χ0n) is 11.1. The van der Waals surface area contributed by atoms with E-state index in [1.807, 2.05) is 0 Å². The van der Waals surface area contributed by atoms with Crippen molar-refractivity contribution in [3.05, 3.63) is 69.8 Å². The molecule has 2 amide bonds. The number of hydrogen-bond donors (Lipinski definition) is 3. The van der Waals surface area contributed by atoms with Gasteiger partial charge in [-0.3, -0.25) is 30.6 Å². The molecule has 22 heavy (non-hydrogen) atoms. The van der Waals surface area contributed by atoms with E-state index >= 15 is 0 Å². The van der Waals surface area contributed by atoms with Gasteiger partial charge < -0.3 is 5.11 Å². The van der Waals surface area contributed by atoms with Crippen LogP contribution in [0.1, 0.15) is 20.7 Å². The molecule has 0 saturated carbocycles. The molecule has 0 aliphatic rings. The van der Waals surface area contributed by atoms with Gasteiger partial charge in [0.15, 0.2) is 0 Å². The van der Waals surface area contributed by atoms with E-state index in [1.54, 1.807) is 0 Å². The van der Waals surface area contributed by atoms with Gasteiger partial charge in [-0.05, 0) is 30.3 Å². The fraction of sp³-hybridized carbons (Fsp3) is 0. The molecule has 0 aliphatic heterocycles. The maximum Gasteiger partial charge on any atom is 0.282 e. The van der Waals surface area contributed by atoms with E-state index in [0.717, 1.165) is 0 Å². The van der Waals surface area contributed by atoms with Crippen molar-refractivity contribution in [3.63, 3.8) is 0 Å². The molecule has 0 radical (unpaired) electrons. The zero-order valence-corrected chi connectivity index (χ0v) is 11.1. The number of phenols is 1. The molecule has 2 rings (SSSR count). The SMILES string of the molecule is O=C(NNC(=O)c1ccccc1[N+](=O)[O-])c1ccc(O)cc1. The van der Waals surface area contributed by atoms with Crippen molar-refractivity contribution in [2.75, 3.05) is 0 Å². The summed E-state index contributed by atoms with van der Waals surface area (Å²) in [7, 11) is 0. The second kappa shape index (κ2) is 6.35. The number of para-hydroxylation sites is 1. The first-order chi connectivity index (χ1) is 10.5. The lowest BCUT2D eigenvalue weighted by Gasteiger charge is -2.07. The maximum atomic E-state index is 11.9. The minimum absolute atomic E-state index is 0.000459. The van der Waals surface area contributed by atoms with Crippen LogP contribution in [0.25, 0.3) is 0 Å². The summed E-state index contributed by atoms with van der Waals surface area (Å²) in [5, 5.41) is 20.0. The number of rotatable bonds is 3. The van der Waals surface area contributed by atoms with Gasteiger partial charge in [-0.15, -0.1) is 0 Å². The Morgan fingerprint density at radius 1 is 0.955 bits per heavy atom. The predicted octanol–water partition coefficient (Wildman–Crippen LogP) is 1.38. The maximum absolute atomic E-state index is 11.9. The molecule has 0 unspecified atom stereocenters. The molecule has 0 aliphatic carbocycles. The van der Waals surface area contributed by atoms with E-state index in [0.29, 0.717) is 0 Å².